The second-order valence-corrected chi connectivity index (χ2v) is 4.25. The van der Waals surface area contributed by atoms with Crippen molar-refractivity contribution in [1.82, 2.24) is 0 Å². The van der Waals surface area contributed by atoms with E-state index in [0.717, 1.165) is 25.0 Å². The van der Waals surface area contributed by atoms with Crippen molar-refractivity contribution in [3.8, 4) is 0 Å². The number of hydrogen-bond acceptors (Lipinski definition) is 2. The number of aryl methyl sites for hydroxylation is 1. The minimum atomic E-state index is 0.998. The van der Waals surface area contributed by atoms with Crippen LogP contribution in [0.1, 0.15) is 24.0 Å². The van der Waals surface area contributed by atoms with E-state index in [9.17, 15) is 0 Å². The highest BCUT2D eigenvalue weighted by molar-refractivity contribution is 6.12. The number of nitrogens with zero attached hydrogens (tertiary/aromatic N) is 1. The lowest BCUT2D eigenvalue weighted by Crippen LogP contribution is -2.14. The van der Waals surface area contributed by atoms with Crippen molar-refractivity contribution in [2.24, 2.45) is 10.9 Å². The molecule has 3 rings (SSSR count). The van der Waals surface area contributed by atoms with Crippen molar-refractivity contribution in [2.75, 3.05) is 0 Å². The van der Waals surface area contributed by atoms with Gasteiger partial charge in [0.05, 0.1) is 5.71 Å². The Labute approximate surface area is 94.8 Å². The smallest absolute Gasteiger partial charge is 0.0681 e. The van der Waals surface area contributed by atoms with Crippen LogP contribution in [0.5, 0.6) is 0 Å². The summed E-state index contributed by atoms with van der Waals surface area (Å²) in [4.78, 5) is 0. The quantitative estimate of drug-likeness (QED) is 0.527. The Morgan fingerprint density at radius 1 is 1.00 bits per heavy atom. The molecular weight excluding hydrogens is 196 g/mol. The average Bonchev–Trinajstić information content (AvgIpc) is 2.37. The molecule has 1 aliphatic carbocycles. The molecule has 0 spiro atoms. The molecule has 2 aromatic rings. The molecule has 16 heavy (non-hydrogen) atoms. The number of fused-ring (bicyclic) bond motifs is 3. The topological polar surface area (TPSA) is 38.4 Å². The van der Waals surface area contributed by atoms with E-state index in [-0.39, 0.29) is 0 Å². The molecule has 0 aliphatic heterocycles. The second-order valence-electron chi connectivity index (χ2n) is 4.25. The normalized spacial score (nSPS) is 17.6. The third-order valence-electron chi connectivity index (χ3n) is 3.32. The van der Waals surface area contributed by atoms with Gasteiger partial charge in [-0.25, -0.2) is 0 Å². The van der Waals surface area contributed by atoms with Gasteiger partial charge in [-0.3, -0.25) is 0 Å². The summed E-state index contributed by atoms with van der Waals surface area (Å²) in [6, 6.07) is 12.8. The Morgan fingerprint density at radius 2 is 1.88 bits per heavy atom. The third kappa shape index (κ3) is 1.30. The van der Waals surface area contributed by atoms with Crippen molar-refractivity contribution in [1.29, 1.82) is 0 Å². The van der Waals surface area contributed by atoms with Crippen LogP contribution in [0, 0.1) is 0 Å². The lowest BCUT2D eigenvalue weighted by molar-refractivity contribution is 0.837. The summed E-state index contributed by atoms with van der Waals surface area (Å²) < 4.78 is 0. The molecule has 1 aliphatic rings. The van der Waals surface area contributed by atoms with Crippen LogP contribution < -0.4 is 5.84 Å². The first-order chi connectivity index (χ1) is 7.90. The number of hydrogen-bond donors (Lipinski definition) is 1. The molecule has 2 aromatic carbocycles. The van der Waals surface area contributed by atoms with Crippen LogP contribution in [0.3, 0.4) is 0 Å². The Kier molecular flexibility index (Phi) is 2.13. The molecule has 0 aromatic heterocycles. The number of benzene rings is 2. The Bertz CT molecular complexity index is 570. The lowest BCUT2D eigenvalue weighted by Gasteiger charge is -2.19. The van der Waals surface area contributed by atoms with E-state index >= 15 is 0 Å². The fraction of sp³-hybridized carbons (Fsp3) is 0.214. The van der Waals surface area contributed by atoms with E-state index in [1.165, 1.54) is 21.9 Å². The van der Waals surface area contributed by atoms with Crippen LogP contribution in [-0.2, 0) is 6.42 Å². The van der Waals surface area contributed by atoms with Gasteiger partial charge in [0.15, 0.2) is 0 Å². The number of hydrazone groups is 1. The first-order valence-electron chi connectivity index (χ1n) is 5.68. The highest BCUT2D eigenvalue weighted by Crippen LogP contribution is 2.29. The molecule has 0 atom stereocenters. The highest BCUT2D eigenvalue weighted by atomic mass is 15.1. The molecule has 0 bridgehead atoms. The molecule has 80 valence electrons. The van der Waals surface area contributed by atoms with Gasteiger partial charge in [-0.2, -0.15) is 5.10 Å². The van der Waals surface area contributed by atoms with Gasteiger partial charge in [0.1, 0.15) is 0 Å². The van der Waals surface area contributed by atoms with Crippen molar-refractivity contribution in [3.63, 3.8) is 0 Å². The van der Waals surface area contributed by atoms with Crippen molar-refractivity contribution < 1.29 is 0 Å². The second kappa shape index (κ2) is 3.63. The predicted molar refractivity (Wildman–Crippen MR) is 67.6 cm³/mol. The molecule has 2 nitrogen and oxygen atoms in total. The van der Waals surface area contributed by atoms with E-state index in [1.54, 1.807) is 0 Å². The first-order valence-corrected chi connectivity index (χ1v) is 5.68. The number of nitrogens with two attached hydrogens (primary N) is 1. The zero-order valence-electron chi connectivity index (χ0n) is 9.11. The third-order valence-corrected chi connectivity index (χ3v) is 3.32. The van der Waals surface area contributed by atoms with E-state index < -0.39 is 0 Å². The lowest BCUT2D eigenvalue weighted by atomic mass is 9.86. The first kappa shape index (κ1) is 9.40. The Morgan fingerprint density at radius 3 is 2.75 bits per heavy atom. The summed E-state index contributed by atoms with van der Waals surface area (Å²) in [5.74, 6) is 5.50. The predicted octanol–water partition coefficient (Wildman–Crippen LogP) is 2.84. The van der Waals surface area contributed by atoms with Gasteiger partial charge in [0.2, 0.25) is 0 Å². The van der Waals surface area contributed by atoms with Gasteiger partial charge in [0, 0.05) is 5.56 Å². The molecular formula is C14H14N2. The molecule has 2 N–H and O–H groups in total. The maximum Gasteiger partial charge on any atom is 0.0681 e. The fourth-order valence-corrected chi connectivity index (χ4v) is 2.57. The molecule has 0 unspecified atom stereocenters. The minimum Gasteiger partial charge on any atom is -0.323 e. The van der Waals surface area contributed by atoms with E-state index in [1.807, 2.05) is 0 Å². The van der Waals surface area contributed by atoms with Crippen LogP contribution in [0.4, 0.5) is 0 Å². The summed E-state index contributed by atoms with van der Waals surface area (Å²) in [6.45, 7) is 0. The molecule has 0 saturated carbocycles. The van der Waals surface area contributed by atoms with Crippen molar-refractivity contribution >= 4 is 16.5 Å². The maximum atomic E-state index is 5.50. The summed E-state index contributed by atoms with van der Waals surface area (Å²) >= 11 is 0. The number of rotatable bonds is 0. The van der Waals surface area contributed by atoms with Crippen LogP contribution in [0.15, 0.2) is 41.5 Å². The van der Waals surface area contributed by atoms with E-state index in [0.29, 0.717) is 0 Å². The van der Waals surface area contributed by atoms with E-state index in [4.69, 9.17) is 5.84 Å². The molecule has 0 amide bonds. The van der Waals surface area contributed by atoms with Crippen LogP contribution in [0.25, 0.3) is 10.8 Å². The minimum absolute atomic E-state index is 0.998. The zero-order chi connectivity index (χ0) is 11.0. The molecule has 0 saturated heterocycles. The Hall–Kier alpha value is -1.83. The fourth-order valence-electron chi connectivity index (χ4n) is 2.57. The molecule has 0 radical (unpaired) electrons. The summed E-state index contributed by atoms with van der Waals surface area (Å²) in [5.41, 5.74) is 3.71. The van der Waals surface area contributed by atoms with Crippen LogP contribution in [-0.4, -0.2) is 5.71 Å². The SMILES string of the molecule is N/N=C1\CCCc2ccc3ccccc3c21. The molecule has 2 heteroatoms. The Balaban J connectivity index is 2.39. The monoisotopic (exact) mass is 210 g/mol. The van der Waals surface area contributed by atoms with Gasteiger partial charge in [-0.05, 0) is 35.6 Å². The van der Waals surface area contributed by atoms with Crippen LogP contribution in [0.2, 0.25) is 0 Å². The summed E-state index contributed by atoms with van der Waals surface area (Å²) in [7, 11) is 0. The maximum absolute atomic E-state index is 5.50. The zero-order valence-corrected chi connectivity index (χ0v) is 9.11. The van der Waals surface area contributed by atoms with Gasteiger partial charge >= 0.3 is 0 Å². The van der Waals surface area contributed by atoms with Crippen LogP contribution >= 0.6 is 0 Å². The van der Waals surface area contributed by atoms with E-state index in [2.05, 4.69) is 41.5 Å². The highest BCUT2D eigenvalue weighted by Gasteiger charge is 2.17. The van der Waals surface area contributed by atoms with Gasteiger partial charge in [-0.1, -0.05) is 36.4 Å². The summed E-state index contributed by atoms with van der Waals surface area (Å²) in [6.07, 6.45) is 3.29. The van der Waals surface area contributed by atoms with Crippen molar-refractivity contribution in [3.05, 3.63) is 47.5 Å². The largest absolute Gasteiger partial charge is 0.323 e. The van der Waals surface area contributed by atoms with Gasteiger partial charge < -0.3 is 5.84 Å². The van der Waals surface area contributed by atoms with Gasteiger partial charge in [0.25, 0.3) is 0 Å². The molecule has 0 fully saturated rings. The molecule has 0 heterocycles. The summed E-state index contributed by atoms with van der Waals surface area (Å²) in [5, 5.41) is 6.50. The van der Waals surface area contributed by atoms with Gasteiger partial charge in [-0.15, -0.1) is 0 Å². The van der Waals surface area contributed by atoms with Crippen molar-refractivity contribution in [2.45, 2.75) is 19.3 Å². The average molecular weight is 210 g/mol. The standard InChI is InChI=1S/C14H14N2/c15-16-13-7-3-5-11-9-8-10-4-1-2-6-12(10)14(11)13/h1-2,4,6,8-9H,3,5,7,15H2/b16-13+.